The number of carbonyl (C=O) groups is 1. The number of sulfonamides is 1. The standard InChI is InChI=1S/C20H22N6O3S2/c1-30-14-10-17(19-25-24-18-5-2-3-13-26(18)19)23-20(27)15-6-8-16(9-7-15)31(28,29)22-12-4-11-21/h2-3,5-9,13,17,22H,4,10,12,14H2,1H3,(H,23,27). The third kappa shape index (κ3) is 5.61. The Hall–Kier alpha value is -2.94. The molecule has 2 aromatic heterocycles. The van der Waals surface area contributed by atoms with Crippen molar-refractivity contribution in [3.8, 4) is 6.07 Å². The smallest absolute Gasteiger partial charge is 0.251 e. The van der Waals surface area contributed by atoms with E-state index in [1.54, 1.807) is 11.8 Å². The fourth-order valence-electron chi connectivity index (χ4n) is 2.95. The molecule has 3 rings (SSSR count). The van der Waals surface area contributed by atoms with E-state index in [-0.39, 0.29) is 29.8 Å². The zero-order valence-corrected chi connectivity index (χ0v) is 18.5. The van der Waals surface area contributed by atoms with Crippen LogP contribution in [0.4, 0.5) is 0 Å². The molecule has 0 fully saturated rings. The normalized spacial score (nSPS) is 12.4. The highest BCUT2D eigenvalue weighted by Gasteiger charge is 2.21. The zero-order valence-electron chi connectivity index (χ0n) is 16.9. The molecule has 0 bridgehead atoms. The number of benzene rings is 1. The van der Waals surface area contributed by atoms with Crippen LogP contribution in [0.3, 0.4) is 0 Å². The summed E-state index contributed by atoms with van der Waals surface area (Å²) in [6.45, 7) is 0.0322. The molecule has 1 aromatic carbocycles. The Balaban J connectivity index is 1.77. The third-order valence-electron chi connectivity index (χ3n) is 4.52. The van der Waals surface area contributed by atoms with Crippen molar-refractivity contribution >= 4 is 33.3 Å². The third-order valence-corrected chi connectivity index (χ3v) is 6.64. The number of amides is 1. The molecule has 0 spiro atoms. The van der Waals surface area contributed by atoms with Gasteiger partial charge in [0.15, 0.2) is 11.5 Å². The van der Waals surface area contributed by atoms with E-state index >= 15 is 0 Å². The first kappa shape index (κ1) is 22.7. The summed E-state index contributed by atoms with van der Waals surface area (Å²) in [7, 11) is -3.73. The van der Waals surface area contributed by atoms with Gasteiger partial charge in [-0.15, -0.1) is 10.2 Å². The van der Waals surface area contributed by atoms with Crippen molar-refractivity contribution in [1.82, 2.24) is 24.6 Å². The lowest BCUT2D eigenvalue weighted by atomic mass is 10.1. The molecule has 162 valence electrons. The molecular formula is C20H22N6O3S2. The molecule has 0 aliphatic carbocycles. The van der Waals surface area contributed by atoms with E-state index in [4.69, 9.17) is 5.26 Å². The lowest BCUT2D eigenvalue weighted by molar-refractivity contribution is 0.0933. The number of aromatic nitrogens is 3. The first-order valence-electron chi connectivity index (χ1n) is 9.52. The topological polar surface area (TPSA) is 129 Å². The van der Waals surface area contributed by atoms with Crippen molar-refractivity contribution in [2.24, 2.45) is 0 Å². The summed E-state index contributed by atoms with van der Waals surface area (Å²) in [5.41, 5.74) is 1.03. The predicted octanol–water partition coefficient (Wildman–Crippen LogP) is 2.15. The average molecular weight is 459 g/mol. The van der Waals surface area contributed by atoms with Gasteiger partial charge in [0.2, 0.25) is 10.0 Å². The second kappa shape index (κ2) is 10.4. The Morgan fingerprint density at radius 3 is 2.71 bits per heavy atom. The van der Waals surface area contributed by atoms with Crippen molar-refractivity contribution in [2.75, 3.05) is 18.6 Å². The quantitative estimate of drug-likeness (QED) is 0.445. The zero-order chi connectivity index (χ0) is 22.3. The van der Waals surface area contributed by atoms with Crippen molar-refractivity contribution in [3.05, 3.63) is 60.0 Å². The second-order valence-corrected chi connectivity index (χ2v) is 9.38. The molecule has 1 unspecified atom stereocenters. The minimum Gasteiger partial charge on any atom is -0.342 e. The lowest BCUT2D eigenvalue weighted by Crippen LogP contribution is -2.30. The van der Waals surface area contributed by atoms with E-state index < -0.39 is 10.0 Å². The summed E-state index contributed by atoms with van der Waals surface area (Å²) >= 11 is 1.67. The highest BCUT2D eigenvalue weighted by molar-refractivity contribution is 7.98. The van der Waals surface area contributed by atoms with Crippen LogP contribution in [0.2, 0.25) is 0 Å². The Kier molecular flexibility index (Phi) is 7.62. The predicted molar refractivity (Wildman–Crippen MR) is 118 cm³/mol. The monoisotopic (exact) mass is 458 g/mol. The van der Waals surface area contributed by atoms with Gasteiger partial charge >= 0.3 is 0 Å². The number of nitrogens with zero attached hydrogens (tertiary/aromatic N) is 4. The van der Waals surface area contributed by atoms with Gasteiger partial charge in [0.1, 0.15) is 0 Å². The minimum absolute atomic E-state index is 0.0318. The number of fused-ring (bicyclic) bond motifs is 1. The maximum Gasteiger partial charge on any atom is 0.251 e. The second-order valence-electron chi connectivity index (χ2n) is 6.62. The van der Waals surface area contributed by atoms with Crippen molar-refractivity contribution in [3.63, 3.8) is 0 Å². The number of pyridine rings is 1. The molecule has 0 aliphatic heterocycles. The van der Waals surface area contributed by atoms with Gasteiger partial charge in [0.25, 0.3) is 5.91 Å². The Morgan fingerprint density at radius 1 is 1.23 bits per heavy atom. The minimum atomic E-state index is -3.73. The maximum absolute atomic E-state index is 12.8. The first-order chi connectivity index (χ1) is 15.0. The molecule has 3 aromatic rings. The molecule has 9 nitrogen and oxygen atoms in total. The summed E-state index contributed by atoms with van der Waals surface area (Å²) in [5, 5.41) is 19.9. The number of carbonyl (C=O) groups excluding carboxylic acids is 1. The van der Waals surface area contributed by atoms with Gasteiger partial charge in [-0.25, -0.2) is 13.1 Å². The number of nitrogens with one attached hydrogen (secondary N) is 2. The molecule has 0 radical (unpaired) electrons. The van der Waals surface area contributed by atoms with Gasteiger partial charge in [-0.05, 0) is 54.8 Å². The van der Waals surface area contributed by atoms with Crippen LogP contribution < -0.4 is 10.0 Å². The summed E-state index contributed by atoms with van der Waals surface area (Å²) in [6, 6.07) is 12.8. The molecule has 1 amide bonds. The Bertz CT molecular complexity index is 1190. The van der Waals surface area contributed by atoms with E-state index in [1.165, 1.54) is 24.3 Å². The van der Waals surface area contributed by atoms with E-state index in [0.29, 0.717) is 23.5 Å². The molecule has 11 heteroatoms. The number of hydrogen-bond donors (Lipinski definition) is 2. The largest absolute Gasteiger partial charge is 0.342 e. The van der Waals surface area contributed by atoms with Crippen molar-refractivity contribution in [2.45, 2.75) is 23.8 Å². The van der Waals surface area contributed by atoms with Crippen LogP contribution in [0.15, 0.2) is 53.6 Å². The van der Waals surface area contributed by atoms with Crippen LogP contribution in [0.5, 0.6) is 0 Å². The average Bonchev–Trinajstić information content (AvgIpc) is 3.21. The summed E-state index contributed by atoms with van der Waals surface area (Å²) < 4.78 is 28.6. The van der Waals surface area contributed by atoms with Gasteiger partial charge in [-0.3, -0.25) is 9.20 Å². The molecule has 31 heavy (non-hydrogen) atoms. The molecule has 1 atom stereocenters. The van der Waals surface area contributed by atoms with Crippen LogP contribution in [0.25, 0.3) is 5.65 Å². The van der Waals surface area contributed by atoms with Crippen molar-refractivity contribution < 1.29 is 13.2 Å². The van der Waals surface area contributed by atoms with Gasteiger partial charge in [-0.2, -0.15) is 17.0 Å². The summed E-state index contributed by atoms with van der Waals surface area (Å²) in [5.74, 6) is 1.12. The SMILES string of the molecule is CSCCC(NC(=O)c1ccc(S(=O)(=O)NCCC#N)cc1)c1nnc2ccccn12. The number of rotatable bonds is 10. The number of hydrogen-bond acceptors (Lipinski definition) is 7. The van der Waals surface area contributed by atoms with Crippen LogP contribution in [-0.2, 0) is 10.0 Å². The molecule has 0 saturated heterocycles. The van der Waals surface area contributed by atoms with Gasteiger partial charge < -0.3 is 5.32 Å². The van der Waals surface area contributed by atoms with E-state index in [9.17, 15) is 13.2 Å². The Labute approximate surface area is 184 Å². The van der Waals surface area contributed by atoms with Crippen LogP contribution >= 0.6 is 11.8 Å². The molecule has 2 N–H and O–H groups in total. The Morgan fingerprint density at radius 2 is 2.00 bits per heavy atom. The van der Waals surface area contributed by atoms with Gasteiger partial charge in [0, 0.05) is 24.7 Å². The molecule has 0 aliphatic rings. The first-order valence-corrected chi connectivity index (χ1v) is 12.4. The van der Waals surface area contributed by atoms with Gasteiger partial charge in [-0.1, -0.05) is 6.07 Å². The van der Waals surface area contributed by atoms with Crippen LogP contribution in [-0.4, -0.2) is 47.5 Å². The van der Waals surface area contributed by atoms with Crippen LogP contribution in [0.1, 0.15) is 35.1 Å². The summed E-state index contributed by atoms with van der Waals surface area (Å²) in [4.78, 5) is 12.9. The molecule has 0 saturated carbocycles. The maximum atomic E-state index is 12.8. The van der Waals surface area contributed by atoms with Crippen LogP contribution in [0, 0.1) is 11.3 Å². The highest BCUT2D eigenvalue weighted by Crippen LogP contribution is 2.19. The van der Waals surface area contributed by atoms with E-state index in [2.05, 4.69) is 20.2 Å². The molecule has 2 heterocycles. The molecular weight excluding hydrogens is 436 g/mol. The van der Waals surface area contributed by atoms with E-state index in [1.807, 2.05) is 41.1 Å². The fourth-order valence-corrected chi connectivity index (χ4v) is 4.45. The van der Waals surface area contributed by atoms with Gasteiger partial charge in [0.05, 0.1) is 17.0 Å². The van der Waals surface area contributed by atoms with Crippen molar-refractivity contribution in [1.29, 1.82) is 5.26 Å². The van der Waals surface area contributed by atoms with E-state index in [0.717, 1.165) is 5.75 Å². The summed E-state index contributed by atoms with van der Waals surface area (Å²) in [6.07, 6.45) is 4.58. The number of thioether (sulfide) groups is 1. The number of nitriles is 1. The fraction of sp³-hybridized carbons (Fsp3) is 0.300. The highest BCUT2D eigenvalue weighted by atomic mass is 32.2. The lowest BCUT2D eigenvalue weighted by Gasteiger charge is -2.17.